The van der Waals surface area contributed by atoms with Crippen molar-refractivity contribution in [2.24, 2.45) is 7.05 Å². The molecule has 2 aromatic rings. The maximum Gasteiger partial charge on any atom is 0.490 e. The number of aromatic nitrogens is 2. The van der Waals surface area contributed by atoms with Crippen LogP contribution in [0.15, 0.2) is 30.3 Å². The lowest BCUT2D eigenvalue weighted by molar-refractivity contribution is -0.192. The Kier molecular flexibility index (Phi) is 7.00. The zero-order valence-electron chi connectivity index (χ0n) is 15.6. The molecule has 0 radical (unpaired) electrons. The van der Waals surface area contributed by atoms with Crippen molar-refractivity contribution in [2.45, 2.75) is 19.6 Å². The maximum atomic E-state index is 13.8. The summed E-state index contributed by atoms with van der Waals surface area (Å²) < 4.78 is 47.5. The molecule has 0 saturated carbocycles. The van der Waals surface area contributed by atoms with Crippen LogP contribution in [0.25, 0.3) is 0 Å². The second-order valence-electron chi connectivity index (χ2n) is 6.42. The molecule has 1 N–H and O–H groups in total. The summed E-state index contributed by atoms with van der Waals surface area (Å²) in [5.41, 5.74) is 3.00. The van der Waals surface area contributed by atoms with Crippen LogP contribution in [0, 0.1) is 12.7 Å². The van der Waals surface area contributed by atoms with Crippen molar-refractivity contribution in [3.05, 3.63) is 47.5 Å². The molecule has 6 nitrogen and oxygen atoms in total. The molecule has 2 heterocycles. The van der Waals surface area contributed by atoms with Crippen molar-refractivity contribution < 1.29 is 27.5 Å². The number of benzene rings is 1. The molecule has 10 heteroatoms. The Bertz CT molecular complexity index is 799. The molecule has 1 fully saturated rings. The van der Waals surface area contributed by atoms with Gasteiger partial charge in [-0.15, -0.1) is 0 Å². The predicted octanol–water partition coefficient (Wildman–Crippen LogP) is 2.82. The molecule has 0 amide bonds. The molecular weight excluding hydrogens is 380 g/mol. The molecule has 0 spiro atoms. The van der Waals surface area contributed by atoms with Crippen LogP contribution in [0.4, 0.5) is 23.2 Å². The Morgan fingerprint density at radius 2 is 1.75 bits per heavy atom. The summed E-state index contributed by atoms with van der Waals surface area (Å²) in [4.78, 5) is 13.4. The van der Waals surface area contributed by atoms with E-state index in [-0.39, 0.29) is 5.82 Å². The van der Waals surface area contributed by atoms with Gasteiger partial charge in [0, 0.05) is 39.8 Å². The van der Waals surface area contributed by atoms with Crippen molar-refractivity contribution >= 4 is 11.7 Å². The number of aliphatic carboxylic acids is 1. The third-order valence-electron chi connectivity index (χ3n) is 4.29. The minimum absolute atomic E-state index is 0.131. The summed E-state index contributed by atoms with van der Waals surface area (Å²) in [5.74, 6) is -2.89. The normalized spacial score (nSPS) is 15.1. The monoisotopic (exact) mass is 402 g/mol. The Balaban J connectivity index is 0.000000345. The average Bonchev–Trinajstić information content (AvgIpc) is 2.93. The van der Waals surface area contributed by atoms with Crippen molar-refractivity contribution in [2.75, 3.05) is 31.1 Å². The molecule has 0 bridgehead atoms. The molecular formula is C18H22F4N4O2. The third kappa shape index (κ3) is 5.95. The summed E-state index contributed by atoms with van der Waals surface area (Å²) in [6, 6.07) is 9.14. The first-order valence-electron chi connectivity index (χ1n) is 8.59. The Morgan fingerprint density at radius 1 is 1.18 bits per heavy atom. The lowest BCUT2D eigenvalue weighted by Crippen LogP contribution is -2.46. The van der Waals surface area contributed by atoms with Crippen molar-refractivity contribution in [1.82, 2.24) is 14.7 Å². The Hall–Kier alpha value is -2.62. The van der Waals surface area contributed by atoms with Crippen molar-refractivity contribution in [3.8, 4) is 0 Å². The number of halogens is 4. The van der Waals surface area contributed by atoms with Gasteiger partial charge in [0.1, 0.15) is 5.82 Å². The van der Waals surface area contributed by atoms with Gasteiger partial charge < -0.3 is 10.0 Å². The zero-order valence-corrected chi connectivity index (χ0v) is 15.6. The highest BCUT2D eigenvalue weighted by Gasteiger charge is 2.38. The lowest BCUT2D eigenvalue weighted by atomic mass is 10.2. The van der Waals surface area contributed by atoms with E-state index in [1.54, 1.807) is 6.07 Å². The van der Waals surface area contributed by atoms with Crippen molar-refractivity contribution in [3.63, 3.8) is 0 Å². The Labute approximate surface area is 160 Å². The van der Waals surface area contributed by atoms with E-state index in [0.29, 0.717) is 5.69 Å². The highest BCUT2D eigenvalue weighted by Crippen LogP contribution is 2.20. The van der Waals surface area contributed by atoms with E-state index < -0.39 is 12.1 Å². The fourth-order valence-corrected chi connectivity index (χ4v) is 2.90. The number of carbonyl (C=O) groups is 1. The van der Waals surface area contributed by atoms with Crippen LogP contribution in [-0.4, -0.2) is 58.1 Å². The van der Waals surface area contributed by atoms with Crippen LogP contribution >= 0.6 is 0 Å². The van der Waals surface area contributed by atoms with Gasteiger partial charge in [-0.25, -0.2) is 9.18 Å². The van der Waals surface area contributed by atoms with Gasteiger partial charge in [-0.2, -0.15) is 18.3 Å². The summed E-state index contributed by atoms with van der Waals surface area (Å²) in [6.07, 6.45) is -5.08. The van der Waals surface area contributed by atoms with Crippen molar-refractivity contribution in [1.29, 1.82) is 0 Å². The number of alkyl halides is 3. The highest BCUT2D eigenvalue weighted by molar-refractivity contribution is 5.73. The maximum absolute atomic E-state index is 13.8. The van der Waals surface area contributed by atoms with Gasteiger partial charge in [0.2, 0.25) is 0 Å². The fraction of sp³-hybridized carbons (Fsp3) is 0.444. The molecule has 1 aromatic heterocycles. The number of piperazine rings is 1. The van der Waals surface area contributed by atoms with E-state index >= 15 is 0 Å². The van der Waals surface area contributed by atoms with Gasteiger partial charge >= 0.3 is 12.1 Å². The molecule has 154 valence electrons. The molecule has 1 aliphatic rings. The summed E-state index contributed by atoms with van der Waals surface area (Å²) in [6.45, 7) is 6.52. The van der Waals surface area contributed by atoms with E-state index in [2.05, 4.69) is 21.0 Å². The molecule has 1 aromatic carbocycles. The first-order valence-corrected chi connectivity index (χ1v) is 8.59. The SMILES string of the molecule is Cc1cc(CN2CCN(c3ccccc3F)CC2)n(C)n1.O=C(O)C(F)(F)F. The number of carboxylic acids is 1. The quantitative estimate of drug-likeness (QED) is 0.800. The molecule has 3 rings (SSSR count). The molecule has 0 atom stereocenters. The smallest absolute Gasteiger partial charge is 0.475 e. The van der Waals surface area contributed by atoms with E-state index in [9.17, 15) is 17.6 Å². The number of hydrogen-bond acceptors (Lipinski definition) is 4. The van der Waals surface area contributed by atoms with E-state index in [0.717, 1.165) is 38.4 Å². The standard InChI is InChI=1S/C16H21FN4.C2HF3O2/c1-13-11-14(19(2)18-13)12-20-7-9-21(10-8-20)16-6-4-3-5-15(16)17;3-2(4,5)1(6)7/h3-6,11H,7-10,12H2,1-2H3;(H,6,7). The summed E-state index contributed by atoms with van der Waals surface area (Å²) in [5, 5.41) is 11.5. The van der Waals surface area contributed by atoms with Crippen LogP contribution < -0.4 is 4.90 Å². The van der Waals surface area contributed by atoms with E-state index in [4.69, 9.17) is 9.90 Å². The summed E-state index contributed by atoms with van der Waals surface area (Å²) in [7, 11) is 1.98. The molecule has 1 saturated heterocycles. The number of para-hydroxylation sites is 1. The number of anilines is 1. The second-order valence-corrected chi connectivity index (χ2v) is 6.42. The minimum atomic E-state index is -5.08. The largest absolute Gasteiger partial charge is 0.490 e. The number of nitrogens with zero attached hydrogens (tertiary/aromatic N) is 4. The number of aryl methyl sites for hydroxylation is 2. The number of hydrogen-bond donors (Lipinski definition) is 1. The predicted molar refractivity (Wildman–Crippen MR) is 95.5 cm³/mol. The van der Waals surface area contributed by atoms with Crippen LogP contribution in [0.2, 0.25) is 0 Å². The molecule has 0 unspecified atom stereocenters. The molecule has 1 aliphatic heterocycles. The van der Waals surface area contributed by atoms with E-state index in [1.807, 2.05) is 30.8 Å². The first kappa shape index (κ1) is 21.7. The highest BCUT2D eigenvalue weighted by atomic mass is 19.4. The number of carboxylic acid groups (broad SMARTS) is 1. The second kappa shape index (κ2) is 9.05. The van der Waals surface area contributed by atoms with Gasteiger partial charge in [-0.1, -0.05) is 12.1 Å². The van der Waals surface area contributed by atoms with Crippen LogP contribution in [0.5, 0.6) is 0 Å². The number of rotatable bonds is 3. The third-order valence-corrected chi connectivity index (χ3v) is 4.29. The Morgan fingerprint density at radius 3 is 2.21 bits per heavy atom. The fourth-order valence-electron chi connectivity index (χ4n) is 2.90. The van der Waals surface area contributed by atoms with Crippen LogP contribution in [-0.2, 0) is 18.4 Å². The zero-order chi connectivity index (χ0) is 20.9. The minimum Gasteiger partial charge on any atom is -0.475 e. The van der Waals surface area contributed by atoms with Gasteiger partial charge in [-0.05, 0) is 25.1 Å². The molecule has 0 aliphatic carbocycles. The summed E-state index contributed by atoms with van der Waals surface area (Å²) >= 11 is 0. The average molecular weight is 402 g/mol. The van der Waals surface area contributed by atoms with Crippen LogP contribution in [0.1, 0.15) is 11.4 Å². The van der Waals surface area contributed by atoms with Gasteiger partial charge in [0.15, 0.2) is 0 Å². The van der Waals surface area contributed by atoms with E-state index in [1.165, 1.54) is 11.8 Å². The van der Waals surface area contributed by atoms with Gasteiger partial charge in [-0.3, -0.25) is 9.58 Å². The molecule has 28 heavy (non-hydrogen) atoms. The van der Waals surface area contributed by atoms with Gasteiger partial charge in [0.25, 0.3) is 0 Å². The van der Waals surface area contributed by atoms with Gasteiger partial charge in [0.05, 0.1) is 17.1 Å². The van der Waals surface area contributed by atoms with Crippen LogP contribution in [0.3, 0.4) is 0 Å². The lowest BCUT2D eigenvalue weighted by Gasteiger charge is -2.36. The topological polar surface area (TPSA) is 61.6 Å². The first-order chi connectivity index (χ1) is 13.1.